The molecule has 2 rings (SSSR count). The molecule has 0 aliphatic carbocycles. The molecule has 0 spiro atoms. The van der Waals surface area contributed by atoms with Crippen LogP contribution in [0.2, 0.25) is 0 Å². The van der Waals surface area contributed by atoms with Crippen molar-refractivity contribution >= 4 is 17.4 Å². The first-order valence-corrected chi connectivity index (χ1v) is 7.22. The number of amides is 1. The van der Waals surface area contributed by atoms with Crippen molar-refractivity contribution in [2.24, 2.45) is 0 Å². The highest BCUT2D eigenvalue weighted by atomic mass is 16.2. The molecule has 0 fully saturated rings. The van der Waals surface area contributed by atoms with Crippen molar-refractivity contribution in [3.63, 3.8) is 0 Å². The monoisotopic (exact) mass is 296 g/mol. The Bertz CT molecular complexity index is 680. The first-order chi connectivity index (χ1) is 10.5. The van der Waals surface area contributed by atoms with Crippen LogP contribution in [0.4, 0.5) is 5.69 Å². The van der Waals surface area contributed by atoms with Crippen LogP contribution in [0.25, 0.3) is 0 Å². The van der Waals surface area contributed by atoms with Crippen molar-refractivity contribution in [3.8, 4) is 0 Å². The molecular formula is C18H20N2O2. The largest absolute Gasteiger partial charge is 0.325 e. The molecule has 2 N–H and O–H groups in total. The fraction of sp³-hybridized carbons (Fsp3) is 0.222. The predicted molar refractivity (Wildman–Crippen MR) is 88.0 cm³/mol. The van der Waals surface area contributed by atoms with Crippen LogP contribution in [0, 0.1) is 6.92 Å². The van der Waals surface area contributed by atoms with E-state index in [1.54, 1.807) is 24.3 Å². The fourth-order valence-corrected chi connectivity index (χ4v) is 2.16. The van der Waals surface area contributed by atoms with Crippen LogP contribution < -0.4 is 10.6 Å². The Morgan fingerprint density at radius 2 is 1.82 bits per heavy atom. The number of aryl methyl sites for hydroxylation is 1. The number of carbonyl (C=O) groups is 2. The standard InChI is InChI=1S/C18H20N2O2/c1-13-5-3-6-15(9-13)11-19-12-18(22)20-17-8-4-7-16(10-17)14(2)21/h3-10,19H,11-12H2,1-2H3,(H,20,22). The van der Waals surface area contributed by atoms with Gasteiger partial charge in [0.15, 0.2) is 5.78 Å². The average Bonchev–Trinajstić information content (AvgIpc) is 2.47. The van der Waals surface area contributed by atoms with Gasteiger partial charge in [0.2, 0.25) is 5.91 Å². The molecule has 0 aromatic heterocycles. The quantitative estimate of drug-likeness (QED) is 0.806. The van der Waals surface area contributed by atoms with Crippen molar-refractivity contribution < 1.29 is 9.59 Å². The molecule has 0 bridgehead atoms. The van der Waals surface area contributed by atoms with Gasteiger partial charge in [-0.25, -0.2) is 0 Å². The van der Waals surface area contributed by atoms with E-state index in [1.807, 2.05) is 25.1 Å². The Labute approximate surface area is 130 Å². The fourth-order valence-electron chi connectivity index (χ4n) is 2.16. The summed E-state index contributed by atoms with van der Waals surface area (Å²) in [6.45, 7) is 4.41. The number of hydrogen-bond donors (Lipinski definition) is 2. The zero-order valence-electron chi connectivity index (χ0n) is 12.8. The highest BCUT2D eigenvalue weighted by molar-refractivity contribution is 5.97. The second kappa shape index (κ2) is 7.52. The zero-order valence-corrected chi connectivity index (χ0v) is 12.8. The molecule has 0 aliphatic heterocycles. The molecule has 1 amide bonds. The topological polar surface area (TPSA) is 58.2 Å². The first kappa shape index (κ1) is 15.9. The smallest absolute Gasteiger partial charge is 0.238 e. The Hall–Kier alpha value is -2.46. The summed E-state index contributed by atoms with van der Waals surface area (Å²) in [5.41, 5.74) is 3.57. The average molecular weight is 296 g/mol. The lowest BCUT2D eigenvalue weighted by molar-refractivity contribution is -0.115. The van der Waals surface area contributed by atoms with E-state index in [1.165, 1.54) is 12.5 Å². The number of carbonyl (C=O) groups excluding carboxylic acids is 2. The highest BCUT2D eigenvalue weighted by Gasteiger charge is 2.04. The maximum atomic E-state index is 11.9. The van der Waals surface area contributed by atoms with Gasteiger partial charge in [-0.15, -0.1) is 0 Å². The summed E-state index contributed by atoms with van der Waals surface area (Å²) < 4.78 is 0. The molecule has 2 aromatic rings. The summed E-state index contributed by atoms with van der Waals surface area (Å²) in [7, 11) is 0. The summed E-state index contributed by atoms with van der Waals surface area (Å²) in [4.78, 5) is 23.2. The molecule has 0 atom stereocenters. The maximum absolute atomic E-state index is 11.9. The third-order valence-electron chi connectivity index (χ3n) is 3.25. The van der Waals surface area contributed by atoms with Gasteiger partial charge in [-0.1, -0.05) is 42.0 Å². The van der Waals surface area contributed by atoms with Crippen LogP contribution in [0.1, 0.15) is 28.4 Å². The Kier molecular flexibility index (Phi) is 5.44. The van der Waals surface area contributed by atoms with E-state index in [0.717, 1.165) is 5.56 Å². The lowest BCUT2D eigenvalue weighted by Crippen LogP contribution is -2.27. The van der Waals surface area contributed by atoms with Gasteiger partial charge in [-0.05, 0) is 31.5 Å². The summed E-state index contributed by atoms with van der Waals surface area (Å²) in [5, 5.41) is 5.89. The summed E-state index contributed by atoms with van der Waals surface area (Å²) >= 11 is 0. The normalized spacial score (nSPS) is 10.3. The Morgan fingerprint density at radius 1 is 1.05 bits per heavy atom. The van der Waals surface area contributed by atoms with Gasteiger partial charge in [0.05, 0.1) is 6.54 Å². The van der Waals surface area contributed by atoms with Crippen molar-refractivity contribution in [1.82, 2.24) is 5.32 Å². The lowest BCUT2D eigenvalue weighted by atomic mass is 10.1. The van der Waals surface area contributed by atoms with Crippen LogP contribution in [0.15, 0.2) is 48.5 Å². The number of rotatable bonds is 6. The van der Waals surface area contributed by atoms with Crippen molar-refractivity contribution in [2.45, 2.75) is 20.4 Å². The third-order valence-corrected chi connectivity index (χ3v) is 3.25. The second-order valence-electron chi connectivity index (χ2n) is 5.28. The summed E-state index contributed by atoms with van der Waals surface area (Å²) in [6, 6.07) is 15.1. The van der Waals surface area contributed by atoms with E-state index < -0.39 is 0 Å². The molecule has 0 unspecified atom stereocenters. The van der Waals surface area contributed by atoms with Crippen molar-refractivity contribution in [2.75, 3.05) is 11.9 Å². The molecular weight excluding hydrogens is 276 g/mol. The number of hydrogen-bond acceptors (Lipinski definition) is 3. The van der Waals surface area contributed by atoms with Crippen LogP contribution in [-0.4, -0.2) is 18.2 Å². The van der Waals surface area contributed by atoms with Gasteiger partial charge in [0, 0.05) is 17.8 Å². The van der Waals surface area contributed by atoms with Gasteiger partial charge in [0.25, 0.3) is 0 Å². The highest BCUT2D eigenvalue weighted by Crippen LogP contribution is 2.11. The zero-order chi connectivity index (χ0) is 15.9. The summed E-state index contributed by atoms with van der Waals surface area (Å²) in [5.74, 6) is -0.151. The summed E-state index contributed by atoms with van der Waals surface area (Å²) in [6.07, 6.45) is 0. The molecule has 4 nitrogen and oxygen atoms in total. The van der Waals surface area contributed by atoms with Gasteiger partial charge in [-0.3, -0.25) is 9.59 Å². The van der Waals surface area contributed by atoms with Crippen molar-refractivity contribution in [1.29, 1.82) is 0 Å². The SMILES string of the molecule is CC(=O)c1cccc(NC(=O)CNCc2cccc(C)c2)c1. The van der Waals surface area contributed by atoms with E-state index >= 15 is 0 Å². The Balaban J connectivity index is 1.83. The van der Waals surface area contributed by atoms with Gasteiger partial charge >= 0.3 is 0 Å². The van der Waals surface area contributed by atoms with E-state index in [0.29, 0.717) is 17.8 Å². The lowest BCUT2D eigenvalue weighted by Gasteiger charge is -2.08. The number of ketones is 1. The number of anilines is 1. The van der Waals surface area contributed by atoms with Crippen LogP contribution in [0.3, 0.4) is 0 Å². The van der Waals surface area contributed by atoms with E-state index in [9.17, 15) is 9.59 Å². The molecule has 114 valence electrons. The minimum atomic E-state index is -0.131. The number of benzene rings is 2. The predicted octanol–water partition coefficient (Wildman–Crippen LogP) is 2.93. The van der Waals surface area contributed by atoms with E-state index in [2.05, 4.69) is 16.7 Å². The van der Waals surface area contributed by atoms with Crippen LogP contribution >= 0.6 is 0 Å². The molecule has 0 saturated heterocycles. The molecule has 22 heavy (non-hydrogen) atoms. The molecule has 0 saturated carbocycles. The minimum Gasteiger partial charge on any atom is -0.325 e. The van der Waals surface area contributed by atoms with Gasteiger partial charge in [0.1, 0.15) is 0 Å². The molecule has 0 aliphatic rings. The molecule has 0 heterocycles. The number of nitrogens with one attached hydrogen (secondary N) is 2. The van der Waals surface area contributed by atoms with Gasteiger partial charge in [-0.2, -0.15) is 0 Å². The van der Waals surface area contributed by atoms with E-state index in [4.69, 9.17) is 0 Å². The van der Waals surface area contributed by atoms with Crippen molar-refractivity contribution in [3.05, 3.63) is 65.2 Å². The Morgan fingerprint density at radius 3 is 2.55 bits per heavy atom. The van der Waals surface area contributed by atoms with Crippen LogP contribution in [-0.2, 0) is 11.3 Å². The molecule has 4 heteroatoms. The second-order valence-corrected chi connectivity index (χ2v) is 5.28. The van der Waals surface area contributed by atoms with Gasteiger partial charge < -0.3 is 10.6 Å². The maximum Gasteiger partial charge on any atom is 0.238 e. The molecule has 0 radical (unpaired) electrons. The number of Topliss-reactive ketones (excluding diaryl/α,β-unsaturated/α-hetero) is 1. The van der Waals surface area contributed by atoms with Crippen LogP contribution in [0.5, 0.6) is 0 Å². The molecule has 2 aromatic carbocycles. The minimum absolute atomic E-state index is 0.0197. The third kappa shape index (κ3) is 4.82. The van der Waals surface area contributed by atoms with E-state index in [-0.39, 0.29) is 18.2 Å². The first-order valence-electron chi connectivity index (χ1n) is 7.22.